The van der Waals surface area contributed by atoms with Crippen LogP contribution < -0.4 is 20.4 Å². The number of aromatic nitrogens is 2. The molecule has 2 saturated heterocycles. The topological polar surface area (TPSA) is 93.7 Å². The summed E-state index contributed by atoms with van der Waals surface area (Å²) in [5, 5.41) is 5.99. The average Bonchev–Trinajstić information content (AvgIpc) is 3.16. The SMILES string of the molecule is CN1CCN(c2ccc(Nc3ncc4c(n3)N(C35CC(C3)C5)C(=O)C3(CCNC3=O)C4)cc2F)CC1. The number of fused-ring (bicyclic) bond motifs is 1. The molecule has 1 aromatic heterocycles. The zero-order valence-electron chi connectivity index (χ0n) is 20.4. The van der Waals surface area contributed by atoms with Crippen LogP contribution in [0, 0.1) is 17.2 Å². The van der Waals surface area contributed by atoms with Crippen LogP contribution >= 0.6 is 0 Å². The van der Waals surface area contributed by atoms with Crippen molar-refractivity contribution in [2.45, 2.75) is 37.6 Å². The second kappa shape index (κ2) is 7.61. The van der Waals surface area contributed by atoms with E-state index < -0.39 is 5.41 Å². The standard InChI is InChI=1S/C26H30FN7O2/c1-32-6-8-33(9-7-32)20-3-2-18(10-19(20)27)30-24-29-15-17-14-26(4-5-28-22(26)35)23(36)34(21(17)31-24)25-11-16(12-25)13-25/h2-3,10,15-16H,4-9,11-14H2,1H3,(H,28,35)(H,29,30,31). The van der Waals surface area contributed by atoms with Crippen molar-refractivity contribution in [1.29, 1.82) is 0 Å². The minimum absolute atomic E-state index is 0.129. The van der Waals surface area contributed by atoms with Crippen molar-refractivity contribution >= 4 is 35.0 Å². The number of nitrogens with one attached hydrogen (secondary N) is 2. The summed E-state index contributed by atoms with van der Waals surface area (Å²) in [5.74, 6) is 0.968. The maximum Gasteiger partial charge on any atom is 0.244 e. The number of piperazine rings is 1. The lowest BCUT2D eigenvalue weighted by molar-refractivity contribution is -0.144. The maximum absolute atomic E-state index is 15.0. The molecule has 3 aliphatic carbocycles. The van der Waals surface area contributed by atoms with E-state index in [1.807, 2.05) is 11.0 Å². The quantitative estimate of drug-likeness (QED) is 0.633. The fourth-order valence-electron chi connectivity index (χ4n) is 6.70. The lowest BCUT2D eigenvalue weighted by Crippen LogP contribution is -2.73. The molecule has 1 atom stereocenters. The summed E-state index contributed by atoms with van der Waals surface area (Å²) in [5.41, 5.74) is 0.688. The van der Waals surface area contributed by atoms with Crippen molar-refractivity contribution < 1.29 is 14.0 Å². The van der Waals surface area contributed by atoms with Gasteiger partial charge in [0.2, 0.25) is 17.8 Å². The lowest BCUT2D eigenvalue weighted by Gasteiger charge is -2.67. The van der Waals surface area contributed by atoms with Gasteiger partial charge in [-0.25, -0.2) is 9.37 Å². The third-order valence-electron chi connectivity index (χ3n) is 8.96. The molecule has 1 spiro atoms. The molecule has 4 heterocycles. The van der Waals surface area contributed by atoms with Gasteiger partial charge in [-0.05, 0) is 56.8 Å². The summed E-state index contributed by atoms with van der Waals surface area (Å²) in [6, 6.07) is 5.10. The molecular weight excluding hydrogens is 461 g/mol. The number of hydrogen-bond acceptors (Lipinski definition) is 7. The zero-order valence-corrected chi connectivity index (χ0v) is 20.4. The van der Waals surface area contributed by atoms with Crippen LogP contribution in [0.5, 0.6) is 0 Å². The van der Waals surface area contributed by atoms with E-state index in [1.165, 1.54) is 6.07 Å². The van der Waals surface area contributed by atoms with Gasteiger partial charge in [-0.2, -0.15) is 4.98 Å². The van der Waals surface area contributed by atoms with Gasteiger partial charge in [0.1, 0.15) is 17.1 Å². The maximum atomic E-state index is 15.0. The number of hydrogen-bond donors (Lipinski definition) is 2. The summed E-state index contributed by atoms with van der Waals surface area (Å²) in [7, 11) is 2.07. The molecule has 188 valence electrons. The Hall–Kier alpha value is -3.27. The Morgan fingerprint density at radius 3 is 2.56 bits per heavy atom. The molecule has 5 fully saturated rings. The Kier molecular flexibility index (Phi) is 4.65. The summed E-state index contributed by atoms with van der Waals surface area (Å²) < 4.78 is 15.0. The Balaban J connectivity index is 1.18. The number of carbonyl (C=O) groups is 2. The Morgan fingerprint density at radius 1 is 1.14 bits per heavy atom. The number of amides is 2. The first kappa shape index (κ1) is 22.0. The summed E-state index contributed by atoms with van der Waals surface area (Å²) in [6.45, 7) is 3.91. The highest BCUT2D eigenvalue weighted by atomic mass is 19.1. The molecule has 2 N–H and O–H groups in total. The van der Waals surface area contributed by atoms with Crippen LogP contribution in [0.1, 0.15) is 31.2 Å². The molecular formula is C26H30FN7O2. The predicted molar refractivity (Wildman–Crippen MR) is 133 cm³/mol. The van der Waals surface area contributed by atoms with Gasteiger partial charge in [-0.1, -0.05) is 0 Å². The first-order valence-corrected chi connectivity index (χ1v) is 12.9. The third kappa shape index (κ3) is 3.09. The van der Waals surface area contributed by atoms with E-state index in [2.05, 4.69) is 32.5 Å². The van der Waals surface area contributed by atoms with E-state index in [0.29, 0.717) is 48.4 Å². The molecule has 3 aliphatic heterocycles. The lowest BCUT2D eigenvalue weighted by atomic mass is 9.48. The molecule has 9 nitrogen and oxygen atoms in total. The molecule has 0 radical (unpaired) electrons. The first-order chi connectivity index (χ1) is 17.4. The van der Waals surface area contributed by atoms with Crippen molar-refractivity contribution in [3.05, 3.63) is 35.8 Å². The minimum Gasteiger partial charge on any atom is -0.367 e. The molecule has 36 heavy (non-hydrogen) atoms. The van der Waals surface area contributed by atoms with Crippen molar-refractivity contribution in [3.63, 3.8) is 0 Å². The van der Waals surface area contributed by atoms with E-state index in [9.17, 15) is 9.59 Å². The number of anilines is 4. The largest absolute Gasteiger partial charge is 0.367 e. The summed E-state index contributed by atoms with van der Waals surface area (Å²) >= 11 is 0. The number of carbonyl (C=O) groups excluding carboxylic acids is 2. The second-order valence-corrected chi connectivity index (χ2v) is 11.2. The first-order valence-electron chi connectivity index (χ1n) is 12.9. The van der Waals surface area contributed by atoms with Crippen LogP contribution in [-0.2, 0) is 16.0 Å². The molecule has 10 heteroatoms. The molecule has 2 bridgehead atoms. The van der Waals surface area contributed by atoms with E-state index in [-0.39, 0.29) is 23.2 Å². The van der Waals surface area contributed by atoms with Crippen molar-refractivity contribution in [2.24, 2.45) is 11.3 Å². The average molecular weight is 492 g/mol. The number of likely N-dealkylation sites (N-methyl/N-ethyl adjacent to an activating group) is 1. The molecule has 3 saturated carbocycles. The predicted octanol–water partition coefficient (Wildman–Crippen LogP) is 2.06. The fraction of sp³-hybridized carbons (Fsp3) is 0.538. The van der Waals surface area contributed by atoms with E-state index in [0.717, 1.165) is 51.0 Å². The second-order valence-electron chi connectivity index (χ2n) is 11.2. The Labute approximate surface area is 209 Å². The monoisotopic (exact) mass is 491 g/mol. The van der Waals surface area contributed by atoms with E-state index >= 15 is 4.39 Å². The highest BCUT2D eigenvalue weighted by molar-refractivity contribution is 6.15. The molecule has 8 rings (SSSR count). The number of halogens is 1. The normalized spacial score (nSPS) is 31.1. The van der Waals surface area contributed by atoms with Gasteiger partial charge in [0.25, 0.3) is 0 Å². The highest BCUT2D eigenvalue weighted by Gasteiger charge is 2.67. The fourth-order valence-corrected chi connectivity index (χ4v) is 6.70. The van der Waals surface area contributed by atoms with Crippen molar-refractivity contribution in [1.82, 2.24) is 20.2 Å². The molecule has 1 aromatic carbocycles. The van der Waals surface area contributed by atoms with Crippen LogP contribution in [0.3, 0.4) is 0 Å². The number of rotatable bonds is 4. The van der Waals surface area contributed by atoms with Gasteiger partial charge in [0.15, 0.2) is 0 Å². The van der Waals surface area contributed by atoms with Crippen LogP contribution in [0.25, 0.3) is 0 Å². The summed E-state index contributed by atoms with van der Waals surface area (Å²) in [6.07, 6.45) is 5.42. The summed E-state index contributed by atoms with van der Waals surface area (Å²) in [4.78, 5) is 42.0. The minimum atomic E-state index is -1.05. The number of benzene rings is 1. The Bertz CT molecular complexity index is 1260. The van der Waals surface area contributed by atoms with Crippen molar-refractivity contribution in [3.8, 4) is 0 Å². The third-order valence-corrected chi connectivity index (χ3v) is 8.96. The van der Waals surface area contributed by atoms with Gasteiger partial charge in [0, 0.05) is 56.6 Å². The smallest absolute Gasteiger partial charge is 0.244 e. The van der Waals surface area contributed by atoms with E-state index in [4.69, 9.17) is 4.98 Å². The van der Waals surface area contributed by atoms with E-state index in [1.54, 1.807) is 12.3 Å². The number of nitrogens with zero attached hydrogens (tertiary/aromatic N) is 5. The van der Waals surface area contributed by atoms with Crippen LogP contribution in [0.4, 0.5) is 27.5 Å². The van der Waals surface area contributed by atoms with Crippen LogP contribution in [0.15, 0.2) is 24.4 Å². The highest BCUT2D eigenvalue weighted by Crippen LogP contribution is 2.63. The van der Waals surface area contributed by atoms with Gasteiger partial charge in [0.05, 0.1) is 11.2 Å². The van der Waals surface area contributed by atoms with Crippen LogP contribution in [-0.4, -0.2) is 72.0 Å². The van der Waals surface area contributed by atoms with Gasteiger partial charge >= 0.3 is 0 Å². The van der Waals surface area contributed by atoms with Crippen molar-refractivity contribution in [2.75, 3.05) is 54.9 Å². The Morgan fingerprint density at radius 2 is 1.92 bits per heavy atom. The van der Waals surface area contributed by atoms with Gasteiger partial charge in [-0.3, -0.25) is 14.5 Å². The zero-order chi connectivity index (χ0) is 24.7. The molecule has 1 unspecified atom stereocenters. The molecule has 2 amide bonds. The van der Waals surface area contributed by atoms with Gasteiger partial charge < -0.3 is 20.4 Å². The molecule has 6 aliphatic rings. The van der Waals surface area contributed by atoms with Crippen LogP contribution in [0.2, 0.25) is 0 Å². The molecule has 2 aromatic rings. The van der Waals surface area contributed by atoms with Gasteiger partial charge in [-0.15, -0.1) is 0 Å².